The molecule has 0 saturated heterocycles. The van der Waals surface area contributed by atoms with Gasteiger partial charge in [0.2, 0.25) is 5.89 Å². The highest BCUT2D eigenvalue weighted by Gasteiger charge is 2.31. The molecule has 3 aromatic heterocycles. The van der Waals surface area contributed by atoms with Crippen molar-refractivity contribution in [2.75, 3.05) is 0 Å². The highest BCUT2D eigenvalue weighted by atomic mass is 19.4. The van der Waals surface area contributed by atoms with Crippen molar-refractivity contribution in [1.29, 1.82) is 0 Å². The van der Waals surface area contributed by atoms with Crippen molar-refractivity contribution in [3.05, 3.63) is 64.2 Å². The molecule has 0 atom stereocenters. The maximum absolute atomic E-state index is 12.5. The number of hydrogen-bond donors (Lipinski definition) is 0. The molecule has 0 aliphatic rings. The molecule has 11 heteroatoms. The Morgan fingerprint density at radius 2 is 1.93 bits per heavy atom. The lowest BCUT2D eigenvalue weighted by molar-refractivity contribution is -0.141. The zero-order valence-corrected chi connectivity index (χ0v) is 13.5. The average Bonchev–Trinajstić information content (AvgIpc) is 3.11. The standard InChI is InChI=1S/C16H11F5N4O2/c17-13(18)15-24-23-14(27-15)10-4-6-25(12(26)7-10)5-3-9-1-2-11(22-8-9)16(19,20)21/h1-2,4,6-8,13H,3,5H2. The van der Waals surface area contributed by atoms with Crippen LogP contribution in [0.25, 0.3) is 11.5 Å². The normalized spacial score (nSPS) is 11.9. The van der Waals surface area contributed by atoms with Gasteiger partial charge in [-0.05, 0) is 24.1 Å². The van der Waals surface area contributed by atoms with E-state index in [2.05, 4.69) is 15.2 Å². The first-order chi connectivity index (χ1) is 12.7. The van der Waals surface area contributed by atoms with Gasteiger partial charge >= 0.3 is 12.6 Å². The van der Waals surface area contributed by atoms with Crippen LogP contribution < -0.4 is 5.56 Å². The summed E-state index contributed by atoms with van der Waals surface area (Å²) in [5.74, 6) is -1.05. The summed E-state index contributed by atoms with van der Waals surface area (Å²) < 4.78 is 68.4. The molecule has 3 aromatic rings. The Balaban J connectivity index is 1.70. The highest BCUT2D eigenvalue weighted by Crippen LogP contribution is 2.27. The van der Waals surface area contributed by atoms with E-state index < -0.39 is 29.7 Å². The van der Waals surface area contributed by atoms with E-state index in [1.54, 1.807) is 0 Å². The SMILES string of the molecule is O=c1cc(-c2nnc(C(F)F)o2)ccn1CCc1ccc(C(F)(F)F)nc1. The van der Waals surface area contributed by atoms with E-state index >= 15 is 0 Å². The summed E-state index contributed by atoms with van der Waals surface area (Å²) in [5.41, 5.74) is -0.732. The van der Waals surface area contributed by atoms with Crippen molar-refractivity contribution in [1.82, 2.24) is 19.7 Å². The summed E-state index contributed by atoms with van der Waals surface area (Å²) in [6.45, 7) is 0.193. The summed E-state index contributed by atoms with van der Waals surface area (Å²) in [7, 11) is 0. The minimum atomic E-state index is -4.51. The lowest BCUT2D eigenvalue weighted by atomic mass is 10.2. The molecule has 27 heavy (non-hydrogen) atoms. The van der Waals surface area contributed by atoms with Crippen molar-refractivity contribution in [3.8, 4) is 11.5 Å². The summed E-state index contributed by atoms with van der Waals surface area (Å²) in [6.07, 6.45) is -4.64. The molecule has 0 spiro atoms. The Hall–Kier alpha value is -3.11. The smallest absolute Gasteiger partial charge is 0.415 e. The van der Waals surface area contributed by atoms with E-state index in [0.29, 0.717) is 5.56 Å². The number of aromatic nitrogens is 4. The monoisotopic (exact) mass is 386 g/mol. The highest BCUT2D eigenvalue weighted by molar-refractivity contribution is 5.50. The lowest BCUT2D eigenvalue weighted by Crippen LogP contribution is -2.19. The number of pyridine rings is 2. The minimum absolute atomic E-state index is 0.187. The third-order valence-corrected chi connectivity index (χ3v) is 3.63. The second-order valence-electron chi connectivity index (χ2n) is 5.49. The molecule has 6 nitrogen and oxygen atoms in total. The van der Waals surface area contributed by atoms with Gasteiger partial charge in [-0.15, -0.1) is 10.2 Å². The molecule has 0 fully saturated rings. The van der Waals surface area contributed by atoms with Crippen molar-refractivity contribution in [2.24, 2.45) is 0 Å². The van der Waals surface area contributed by atoms with E-state index in [0.717, 1.165) is 18.3 Å². The van der Waals surface area contributed by atoms with Gasteiger partial charge in [-0.2, -0.15) is 22.0 Å². The van der Waals surface area contributed by atoms with Gasteiger partial charge in [0.05, 0.1) is 0 Å². The molecular formula is C16H11F5N4O2. The number of aryl methyl sites for hydroxylation is 2. The van der Waals surface area contributed by atoms with Gasteiger partial charge < -0.3 is 8.98 Å². The Labute approximate surface area is 148 Å². The van der Waals surface area contributed by atoms with Crippen molar-refractivity contribution >= 4 is 0 Å². The van der Waals surface area contributed by atoms with Crippen LogP contribution in [0.2, 0.25) is 0 Å². The van der Waals surface area contributed by atoms with Crippen LogP contribution in [0.3, 0.4) is 0 Å². The lowest BCUT2D eigenvalue weighted by Gasteiger charge is -2.08. The maximum atomic E-state index is 12.5. The summed E-state index contributed by atoms with van der Waals surface area (Å²) in [5, 5.41) is 6.64. The largest absolute Gasteiger partial charge is 0.433 e. The predicted octanol–water partition coefficient (Wildman–Crippen LogP) is 3.49. The van der Waals surface area contributed by atoms with Crippen molar-refractivity contribution < 1.29 is 26.4 Å². The molecule has 0 saturated carbocycles. The van der Waals surface area contributed by atoms with E-state index in [1.807, 2.05) is 0 Å². The quantitative estimate of drug-likeness (QED) is 0.628. The molecule has 0 aromatic carbocycles. The Kier molecular flexibility index (Phi) is 5.02. The molecule has 0 unspecified atom stereocenters. The minimum Gasteiger partial charge on any atom is -0.415 e. The van der Waals surface area contributed by atoms with E-state index in [9.17, 15) is 26.7 Å². The fourth-order valence-electron chi connectivity index (χ4n) is 2.25. The Morgan fingerprint density at radius 3 is 2.48 bits per heavy atom. The van der Waals surface area contributed by atoms with Gasteiger partial charge in [-0.25, -0.2) is 0 Å². The number of nitrogens with zero attached hydrogens (tertiary/aromatic N) is 4. The van der Waals surface area contributed by atoms with Crippen molar-refractivity contribution in [3.63, 3.8) is 0 Å². The second-order valence-corrected chi connectivity index (χ2v) is 5.49. The Morgan fingerprint density at radius 1 is 1.15 bits per heavy atom. The van der Waals surface area contributed by atoms with E-state index in [1.165, 1.54) is 22.9 Å². The first-order valence-corrected chi connectivity index (χ1v) is 7.58. The summed E-state index contributed by atoms with van der Waals surface area (Å²) in [6, 6.07) is 4.75. The second kappa shape index (κ2) is 7.25. The predicted molar refractivity (Wildman–Crippen MR) is 81.9 cm³/mol. The third-order valence-electron chi connectivity index (χ3n) is 3.63. The van der Waals surface area contributed by atoms with Crippen LogP contribution in [0, 0.1) is 0 Å². The molecule has 0 bridgehead atoms. The topological polar surface area (TPSA) is 73.8 Å². The first-order valence-electron chi connectivity index (χ1n) is 7.58. The molecule has 142 valence electrons. The van der Waals surface area contributed by atoms with Gasteiger partial charge in [0.25, 0.3) is 11.4 Å². The van der Waals surface area contributed by atoms with Crippen LogP contribution in [0.5, 0.6) is 0 Å². The Bertz CT molecular complexity index is 979. The average molecular weight is 386 g/mol. The zero-order chi connectivity index (χ0) is 19.6. The molecule has 0 aliphatic carbocycles. The molecule has 0 radical (unpaired) electrons. The van der Waals surface area contributed by atoms with Gasteiger partial charge in [0.1, 0.15) is 5.69 Å². The molecule has 3 rings (SSSR count). The number of hydrogen-bond acceptors (Lipinski definition) is 5. The van der Waals surface area contributed by atoms with Gasteiger partial charge in [0, 0.05) is 30.6 Å². The summed E-state index contributed by atoms with van der Waals surface area (Å²) in [4.78, 5) is 15.5. The van der Waals surface area contributed by atoms with Crippen LogP contribution in [-0.2, 0) is 19.1 Å². The molecule has 0 N–H and O–H groups in total. The molecule has 0 aliphatic heterocycles. The fraction of sp³-hybridized carbons (Fsp3) is 0.250. The van der Waals surface area contributed by atoms with Crippen LogP contribution in [0.15, 0.2) is 45.9 Å². The molecular weight excluding hydrogens is 375 g/mol. The summed E-state index contributed by atoms with van der Waals surface area (Å²) >= 11 is 0. The number of rotatable bonds is 5. The van der Waals surface area contributed by atoms with Crippen LogP contribution >= 0.6 is 0 Å². The van der Waals surface area contributed by atoms with Gasteiger partial charge in [0.15, 0.2) is 0 Å². The fourth-order valence-corrected chi connectivity index (χ4v) is 2.25. The molecule has 0 amide bonds. The molecule has 3 heterocycles. The first kappa shape index (κ1) is 18.7. The van der Waals surface area contributed by atoms with Crippen LogP contribution in [0.1, 0.15) is 23.6 Å². The van der Waals surface area contributed by atoms with Crippen LogP contribution in [0.4, 0.5) is 22.0 Å². The van der Waals surface area contributed by atoms with Gasteiger partial charge in [-0.3, -0.25) is 9.78 Å². The van der Waals surface area contributed by atoms with Gasteiger partial charge in [-0.1, -0.05) is 6.07 Å². The van der Waals surface area contributed by atoms with Crippen LogP contribution in [-0.4, -0.2) is 19.7 Å². The number of halogens is 5. The van der Waals surface area contributed by atoms with E-state index in [-0.39, 0.29) is 24.4 Å². The zero-order valence-electron chi connectivity index (χ0n) is 13.5. The number of alkyl halides is 5. The maximum Gasteiger partial charge on any atom is 0.433 e. The van der Waals surface area contributed by atoms with Crippen molar-refractivity contribution in [2.45, 2.75) is 25.6 Å². The third kappa shape index (κ3) is 4.36. The van der Waals surface area contributed by atoms with E-state index in [4.69, 9.17) is 4.42 Å².